The van der Waals surface area contributed by atoms with Gasteiger partial charge in [0, 0.05) is 11.5 Å². The Morgan fingerprint density at radius 1 is 1.33 bits per heavy atom. The lowest BCUT2D eigenvalue weighted by molar-refractivity contribution is 0.571. The molecule has 1 aromatic carbocycles. The van der Waals surface area contributed by atoms with E-state index in [9.17, 15) is 0 Å². The van der Waals surface area contributed by atoms with Crippen molar-refractivity contribution in [2.75, 3.05) is 0 Å². The lowest BCUT2D eigenvalue weighted by Crippen LogP contribution is -2.31. The molecule has 0 saturated heterocycles. The highest BCUT2D eigenvalue weighted by Gasteiger charge is 2.21. The fourth-order valence-corrected chi connectivity index (χ4v) is 3.23. The molecule has 2 rings (SSSR count). The summed E-state index contributed by atoms with van der Waals surface area (Å²) in [5, 5.41) is 4.22. The molecule has 6 heteroatoms. The predicted molar refractivity (Wildman–Crippen MR) is 79.0 cm³/mol. The fourth-order valence-electron chi connectivity index (χ4n) is 1.93. The lowest BCUT2D eigenvalue weighted by Gasteiger charge is -2.19. The molecule has 0 aliphatic rings. The highest BCUT2D eigenvalue weighted by molar-refractivity contribution is 9.10. The van der Waals surface area contributed by atoms with Crippen LogP contribution in [0.1, 0.15) is 22.9 Å². The smallest absolute Gasteiger partial charge is 0.0900 e. The minimum Gasteiger partial charge on any atom is -0.271 e. The maximum absolute atomic E-state index is 5.71. The zero-order valence-corrected chi connectivity index (χ0v) is 13.3. The summed E-state index contributed by atoms with van der Waals surface area (Å²) in [6.45, 7) is 2.05. The molecule has 4 nitrogen and oxygen atoms in total. The van der Waals surface area contributed by atoms with Crippen LogP contribution in [0.5, 0.6) is 0 Å². The normalized spacial score (nSPS) is 12.7. The van der Waals surface area contributed by atoms with E-state index in [0.717, 1.165) is 20.2 Å². The molecule has 0 fully saturated rings. The van der Waals surface area contributed by atoms with Crippen molar-refractivity contribution in [3.05, 3.63) is 50.2 Å². The maximum atomic E-state index is 5.71. The largest absolute Gasteiger partial charge is 0.271 e. The van der Waals surface area contributed by atoms with Crippen LogP contribution in [0.25, 0.3) is 0 Å². The van der Waals surface area contributed by atoms with Gasteiger partial charge in [-0.15, -0.1) is 0 Å². The van der Waals surface area contributed by atoms with Crippen molar-refractivity contribution in [3.63, 3.8) is 0 Å². The highest BCUT2D eigenvalue weighted by Crippen LogP contribution is 2.32. The first-order valence-electron chi connectivity index (χ1n) is 5.44. The Labute approximate surface area is 123 Å². The van der Waals surface area contributed by atoms with Crippen molar-refractivity contribution in [1.82, 2.24) is 15.2 Å². The molecular formula is C12H14Br2N4. The number of nitrogens with two attached hydrogens (primary N) is 1. The van der Waals surface area contributed by atoms with Crippen molar-refractivity contribution >= 4 is 31.9 Å². The molecule has 3 N–H and O–H groups in total. The number of nitrogens with zero attached hydrogens (tertiary/aromatic N) is 2. The fraction of sp³-hybridized carbons (Fsp3) is 0.250. The van der Waals surface area contributed by atoms with Crippen molar-refractivity contribution in [3.8, 4) is 0 Å². The van der Waals surface area contributed by atoms with Crippen LogP contribution in [-0.4, -0.2) is 9.78 Å². The van der Waals surface area contributed by atoms with Crippen molar-refractivity contribution in [2.24, 2.45) is 12.9 Å². The lowest BCUT2D eigenvalue weighted by atomic mass is 10.0. The Balaban J connectivity index is 2.52. The van der Waals surface area contributed by atoms with Crippen molar-refractivity contribution < 1.29 is 0 Å². The Morgan fingerprint density at radius 2 is 2.06 bits per heavy atom. The zero-order chi connectivity index (χ0) is 13.3. The monoisotopic (exact) mass is 372 g/mol. The van der Waals surface area contributed by atoms with Gasteiger partial charge in [-0.05, 0) is 40.0 Å². The van der Waals surface area contributed by atoms with E-state index < -0.39 is 0 Å². The molecule has 96 valence electrons. The molecule has 0 radical (unpaired) electrons. The quantitative estimate of drug-likeness (QED) is 0.642. The standard InChI is InChI=1S/C12H14Br2N4/c1-7-3-4-8(9(13)5-7)11(17-15)12-10(14)6-16-18(12)2/h3-6,11,17H,15H2,1-2H3. The number of hydrogen-bond donors (Lipinski definition) is 2. The van der Waals surface area contributed by atoms with Crippen LogP contribution in [0, 0.1) is 6.92 Å². The molecule has 0 saturated carbocycles. The summed E-state index contributed by atoms with van der Waals surface area (Å²) in [7, 11) is 1.90. The topological polar surface area (TPSA) is 55.9 Å². The molecule has 0 amide bonds. The van der Waals surface area contributed by atoms with Gasteiger partial charge in [0.05, 0.1) is 22.4 Å². The number of rotatable bonds is 3. The second-order valence-corrected chi connectivity index (χ2v) is 5.83. The van der Waals surface area contributed by atoms with Gasteiger partial charge in [-0.3, -0.25) is 10.5 Å². The van der Waals surface area contributed by atoms with Crippen molar-refractivity contribution in [2.45, 2.75) is 13.0 Å². The summed E-state index contributed by atoms with van der Waals surface area (Å²) >= 11 is 7.08. The van der Waals surface area contributed by atoms with Gasteiger partial charge < -0.3 is 0 Å². The minimum absolute atomic E-state index is 0.123. The van der Waals surface area contributed by atoms with Gasteiger partial charge in [0.25, 0.3) is 0 Å². The first-order chi connectivity index (χ1) is 8.54. The SMILES string of the molecule is Cc1ccc(C(NN)c2c(Br)cnn2C)c(Br)c1. The second-order valence-electron chi connectivity index (χ2n) is 4.13. The van der Waals surface area contributed by atoms with Crippen LogP contribution < -0.4 is 11.3 Å². The van der Waals surface area contributed by atoms with Crippen LogP contribution in [-0.2, 0) is 7.05 Å². The van der Waals surface area contributed by atoms with E-state index in [2.05, 4.69) is 67.5 Å². The van der Waals surface area contributed by atoms with Crippen LogP contribution in [0.4, 0.5) is 0 Å². The van der Waals surface area contributed by atoms with Gasteiger partial charge in [-0.1, -0.05) is 28.1 Å². The van der Waals surface area contributed by atoms with E-state index in [4.69, 9.17) is 5.84 Å². The summed E-state index contributed by atoms with van der Waals surface area (Å²) in [5.74, 6) is 5.71. The molecule has 1 unspecified atom stereocenters. The molecule has 18 heavy (non-hydrogen) atoms. The summed E-state index contributed by atoms with van der Waals surface area (Å²) in [6.07, 6.45) is 1.77. The summed E-state index contributed by atoms with van der Waals surface area (Å²) in [6, 6.07) is 6.07. The van der Waals surface area contributed by atoms with Gasteiger partial charge in [-0.2, -0.15) is 5.10 Å². The third-order valence-corrected chi connectivity index (χ3v) is 4.14. The number of hydrogen-bond acceptors (Lipinski definition) is 3. The molecular weight excluding hydrogens is 360 g/mol. The third kappa shape index (κ3) is 2.51. The number of nitrogens with one attached hydrogen (secondary N) is 1. The highest BCUT2D eigenvalue weighted by atomic mass is 79.9. The number of benzene rings is 1. The van der Waals surface area contributed by atoms with E-state index in [1.165, 1.54) is 5.56 Å². The molecule has 1 atom stereocenters. The van der Waals surface area contributed by atoms with Crippen LogP contribution >= 0.6 is 31.9 Å². The van der Waals surface area contributed by atoms with Crippen LogP contribution in [0.3, 0.4) is 0 Å². The van der Waals surface area contributed by atoms with E-state index in [-0.39, 0.29) is 6.04 Å². The van der Waals surface area contributed by atoms with Crippen molar-refractivity contribution in [1.29, 1.82) is 0 Å². The average molecular weight is 374 g/mol. The van der Waals surface area contributed by atoms with Gasteiger partial charge in [0.1, 0.15) is 0 Å². The molecule has 2 aromatic rings. The number of aromatic nitrogens is 2. The van der Waals surface area contributed by atoms with E-state index in [1.807, 2.05) is 7.05 Å². The zero-order valence-electron chi connectivity index (χ0n) is 10.1. The van der Waals surface area contributed by atoms with Gasteiger partial charge in [0.2, 0.25) is 0 Å². The Hall–Kier alpha value is -0.690. The maximum Gasteiger partial charge on any atom is 0.0900 e. The minimum atomic E-state index is -0.123. The van der Waals surface area contributed by atoms with Gasteiger partial charge in [0.15, 0.2) is 0 Å². The Kier molecular flexibility index (Phi) is 4.21. The Morgan fingerprint density at radius 3 is 2.56 bits per heavy atom. The molecule has 0 aliphatic heterocycles. The number of hydrazine groups is 1. The number of aryl methyl sites for hydroxylation is 2. The van der Waals surface area contributed by atoms with E-state index in [1.54, 1.807) is 10.9 Å². The molecule has 0 bridgehead atoms. The Bertz CT molecular complexity index is 546. The molecule has 0 spiro atoms. The summed E-state index contributed by atoms with van der Waals surface area (Å²) in [5.41, 5.74) is 6.11. The molecule has 0 aliphatic carbocycles. The van der Waals surface area contributed by atoms with Crippen LogP contribution in [0.15, 0.2) is 33.3 Å². The first-order valence-corrected chi connectivity index (χ1v) is 7.02. The van der Waals surface area contributed by atoms with Gasteiger partial charge >= 0.3 is 0 Å². The summed E-state index contributed by atoms with van der Waals surface area (Å²) < 4.78 is 3.76. The van der Waals surface area contributed by atoms with Crippen LogP contribution in [0.2, 0.25) is 0 Å². The third-order valence-electron chi connectivity index (χ3n) is 2.84. The predicted octanol–water partition coefficient (Wildman–Crippen LogP) is 2.81. The first kappa shape index (κ1) is 13.7. The van der Waals surface area contributed by atoms with Gasteiger partial charge in [-0.25, -0.2) is 5.43 Å². The second kappa shape index (κ2) is 5.52. The van der Waals surface area contributed by atoms with E-state index >= 15 is 0 Å². The molecule has 1 aromatic heterocycles. The molecule has 1 heterocycles. The average Bonchev–Trinajstić information content (AvgIpc) is 2.64. The van der Waals surface area contributed by atoms with E-state index in [0.29, 0.717) is 0 Å². The number of halogens is 2. The summed E-state index contributed by atoms with van der Waals surface area (Å²) in [4.78, 5) is 0.